The number of fused-ring (bicyclic) bond motifs is 1. The van der Waals surface area contributed by atoms with E-state index in [1.165, 1.54) is 25.3 Å². The standard InChI is InChI=1S/C19H19F3N6O3/c1-9-12(10(2)28-18(24-9)26-17(27-28)19(20,21)22)5-7-15(29)25-13-8-11(16(23)30)4-6-14(13)31-3/h4,6,8H,5,7H2,1-3H3,(H2,23,30)(H,25,29). The minimum Gasteiger partial charge on any atom is -0.495 e. The summed E-state index contributed by atoms with van der Waals surface area (Å²) in [6, 6.07) is 4.37. The molecule has 0 saturated heterocycles. The van der Waals surface area contributed by atoms with Crippen molar-refractivity contribution in [3.8, 4) is 5.75 Å². The van der Waals surface area contributed by atoms with Crippen LogP contribution in [-0.2, 0) is 17.4 Å². The van der Waals surface area contributed by atoms with Crippen LogP contribution in [0.4, 0.5) is 18.9 Å². The summed E-state index contributed by atoms with van der Waals surface area (Å²) >= 11 is 0. The number of benzene rings is 1. The van der Waals surface area contributed by atoms with Crippen molar-refractivity contribution in [2.45, 2.75) is 32.9 Å². The van der Waals surface area contributed by atoms with Gasteiger partial charge in [0.15, 0.2) is 0 Å². The first-order valence-corrected chi connectivity index (χ1v) is 9.09. The van der Waals surface area contributed by atoms with Crippen LogP contribution in [0.25, 0.3) is 5.78 Å². The first-order chi connectivity index (χ1) is 14.5. The summed E-state index contributed by atoms with van der Waals surface area (Å²) in [4.78, 5) is 31.3. The molecule has 0 spiro atoms. The molecule has 0 bridgehead atoms. The highest BCUT2D eigenvalue weighted by Crippen LogP contribution is 2.28. The number of carbonyl (C=O) groups excluding carboxylic acids is 2. The lowest BCUT2D eigenvalue weighted by atomic mass is 10.1. The topological polar surface area (TPSA) is 124 Å². The Kier molecular flexibility index (Phi) is 5.82. The van der Waals surface area contributed by atoms with Crippen LogP contribution in [-0.4, -0.2) is 38.5 Å². The highest BCUT2D eigenvalue weighted by molar-refractivity contribution is 5.97. The SMILES string of the molecule is COc1ccc(C(N)=O)cc1NC(=O)CCc1c(C)nc2nc(C(F)(F)F)nn2c1C. The quantitative estimate of drug-likeness (QED) is 0.612. The summed E-state index contributed by atoms with van der Waals surface area (Å²) in [5, 5.41) is 6.14. The molecular formula is C19H19F3N6O3. The van der Waals surface area contributed by atoms with Gasteiger partial charge in [-0.3, -0.25) is 9.59 Å². The molecule has 0 aliphatic heterocycles. The molecular weight excluding hydrogens is 417 g/mol. The molecule has 2 heterocycles. The van der Waals surface area contributed by atoms with Crippen LogP contribution in [0.1, 0.15) is 39.6 Å². The predicted molar refractivity (Wildman–Crippen MR) is 104 cm³/mol. The Labute approximate surface area is 174 Å². The minimum atomic E-state index is -4.69. The Balaban J connectivity index is 1.80. The maximum Gasteiger partial charge on any atom is 0.453 e. The number of primary amides is 1. The Morgan fingerprint density at radius 1 is 1.23 bits per heavy atom. The first-order valence-electron chi connectivity index (χ1n) is 9.09. The van der Waals surface area contributed by atoms with Gasteiger partial charge in [-0.05, 0) is 44.0 Å². The monoisotopic (exact) mass is 436 g/mol. The molecule has 164 valence electrons. The number of hydrogen-bond donors (Lipinski definition) is 2. The number of halogens is 3. The number of aryl methyl sites for hydroxylation is 2. The highest BCUT2D eigenvalue weighted by atomic mass is 19.4. The van der Waals surface area contributed by atoms with Crippen LogP contribution in [0.2, 0.25) is 0 Å². The van der Waals surface area contributed by atoms with Gasteiger partial charge in [0.25, 0.3) is 11.6 Å². The molecule has 0 fully saturated rings. The van der Waals surface area contributed by atoms with Crippen LogP contribution >= 0.6 is 0 Å². The van der Waals surface area contributed by atoms with E-state index in [2.05, 4.69) is 20.4 Å². The summed E-state index contributed by atoms with van der Waals surface area (Å²) < 4.78 is 44.9. The van der Waals surface area contributed by atoms with Gasteiger partial charge in [0.2, 0.25) is 11.8 Å². The van der Waals surface area contributed by atoms with Gasteiger partial charge in [0, 0.05) is 23.4 Å². The number of anilines is 1. The molecule has 1 aromatic carbocycles. The van der Waals surface area contributed by atoms with E-state index in [1.807, 2.05) is 0 Å². The number of aromatic nitrogens is 4. The fourth-order valence-corrected chi connectivity index (χ4v) is 3.10. The third-order valence-electron chi connectivity index (χ3n) is 4.66. The van der Waals surface area contributed by atoms with Gasteiger partial charge in [-0.2, -0.15) is 18.2 Å². The molecule has 2 aromatic heterocycles. The van der Waals surface area contributed by atoms with Gasteiger partial charge in [0.05, 0.1) is 12.8 Å². The summed E-state index contributed by atoms with van der Waals surface area (Å²) in [5.74, 6) is -2.15. The van der Waals surface area contributed by atoms with E-state index >= 15 is 0 Å². The van der Waals surface area contributed by atoms with Crippen LogP contribution < -0.4 is 15.8 Å². The number of nitrogens with zero attached hydrogens (tertiary/aromatic N) is 4. The van der Waals surface area contributed by atoms with Crippen molar-refractivity contribution in [1.82, 2.24) is 19.6 Å². The Hall–Kier alpha value is -3.70. The van der Waals surface area contributed by atoms with Crippen molar-refractivity contribution in [2.24, 2.45) is 5.73 Å². The van der Waals surface area contributed by atoms with Gasteiger partial charge in [-0.15, -0.1) is 5.10 Å². The number of rotatable bonds is 6. The van der Waals surface area contributed by atoms with Crippen LogP contribution in [0, 0.1) is 13.8 Å². The smallest absolute Gasteiger partial charge is 0.453 e. The number of nitrogens with one attached hydrogen (secondary N) is 1. The van der Waals surface area contributed by atoms with Crippen molar-refractivity contribution in [1.29, 1.82) is 0 Å². The molecule has 3 aromatic rings. The second-order valence-corrected chi connectivity index (χ2v) is 6.73. The molecule has 31 heavy (non-hydrogen) atoms. The maximum absolute atomic E-state index is 12.9. The van der Waals surface area contributed by atoms with Gasteiger partial charge in [-0.1, -0.05) is 0 Å². The molecule has 2 amide bonds. The maximum atomic E-state index is 12.9. The minimum absolute atomic E-state index is 0.000352. The number of ether oxygens (including phenoxy) is 1. The molecule has 0 atom stereocenters. The molecule has 12 heteroatoms. The highest BCUT2D eigenvalue weighted by Gasteiger charge is 2.37. The number of hydrogen-bond acceptors (Lipinski definition) is 6. The Morgan fingerprint density at radius 3 is 2.55 bits per heavy atom. The number of carbonyl (C=O) groups is 2. The first kappa shape index (κ1) is 22.0. The van der Waals surface area contributed by atoms with Crippen LogP contribution in [0.15, 0.2) is 18.2 Å². The normalized spacial score (nSPS) is 11.5. The molecule has 0 saturated carbocycles. The predicted octanol–water partition coefficient (Wildman–Crippen LogP) is 2.44. The van der Waals surface area contributed by atoms with Gasteiger partial charge in [0.1, 0.15) is 5.75 Å². The van der Waals surface area contributed by atoms with E-state index < -0.39 is 23.8 Å². The van der Waals surface area contributed by atoms with Crippen molar-refractivity contribution >= 4 is 23.3 Å². The molecule has 0 aliphatic carbocycles. The van der Waals surface area contributed by atoms with Gasteiger partial charge < -0.3 is 15.8 Å². The van der Waals surface area contributed by atoms with E-state index in [-0.39, 0.29) is 29.9 Å². The summed E-state index contributed by atoms with van der Waals surface area (Å²) in [5.41, 5.74) is 7.18. The Morgan fingerprint density at radius 2 is 1.94 bits per heavy atom. The van der Waals surface area contributed by atoms with Gasteiger partial charge >= 0.3 is 6.18 Å². The molecule has 9 nitrogen and oxygen atoms in total. The second-order valence-electron chi connectivity index (χ2n) is 6.73. The summed E-state index contributed by atoms with van der Waals surface area (Å²) in [7, 11) is 1.41. The lowest BCUT2D eigenvalue weighted by molar-refractivity contribution is -0.144. The fraction of sp³-hybridized carbons (Fsp3) is 0.316. The zero-order valence-corrected chi connectivity index (χ0v) is 16.9. The summed E-state index contributed by atoms with van der Waals surface area (Å²) in [6.07, 6.45) is -4.49. The van der Waals surface area contributed by atoms with E-state index in [0.29, 0.717) is 22.7 Å². The van der Waals surface area contributed by atoms with Crippen molar-refractivity contribution in [2.75, 3.05) is 12.4 Å². The van der Waals surface area contributed by atoms with E-state index in [1.54, 1.807) is 13.8 Å². The third-order valence-corrected chi connectivity index (χ3v) is 4.66. The second kappa shape index (κ2) is 8.20. The zero-order chi connectivity index (χ0) is 22.9. The van der Waals surface area contributed by atoms with Crippen LogP contribution in [0.3, 0.4) is 0 Å². The molecule has 0 aliphatic rings. The molecule has 3 rings (SSSR count). The Bertz CT molecular complexity index is 1170. The number of nitrogens with two attached hydrogens (primary N) is 1. The average molecular weight is 436 g/mol. The van der Waals surface area contributed by atoms with Crippen molar-refractivity contribution in [3.63, 3.8) is 0 Å². The van der Waals surface area contributed by atoms with Gasteiger partial charge in [-0.25, -0.2) is 9.50 Å². The fourth-order valence-electron chi connectivity index (χ4n) is 3.10. The number of methoxy groups -OCH3 is 1. The number of amides is 2. The van der Waals surface area contributed by atoms with Crippen molar-refractivity contribution in [3.05, 3.63) is 46.5 Å². The van der Waals surface area contributed by atoms with Crippen LogP contribution in [0.5, 0.6) is 5.75 Å². The average Bonchev–Trinajstić information content (AvgIpc) is 3.12. The lowest BCUT2D eigenvalue weighted by Gasteiger charge is -2.13. The number of alkyl halides is 3. The zero-order valence-electron chi connectivity index (χ0n) is 16.9. The molecule has 0 unspecified atom stereocenters. The third kappa shape index (κ3) is 4.57. The van der Waals surface area contributed by atoms with E-state index in [9.17, 15) is 22.8 Å². The van der Waals surface area contributed by atoms with E-state index in [0.717, 1.165) is 4.52 Å². The lowest BCUT2D eigenvalue weighted by Crippen LogP contribution is -2.16. The molecule has 3 N–H and O–H groups in total. The largest absolute Gasteiger partial charge is 0.495 e. The summed E-state index contributed by atoms with van der Waals surface area (Å²) in [6.45, 7) is 3.21. The molecule has 0 radical (unpaired) electrons. The van der Waals surface area contributed by atoms with Crippen molar-refractivity contribution < 1.29 is 27.5 Å². The van der Waals surface area contributed by atoms with E-state index in [4.69, 9.17) is 10.5 Å².